The van der Waals surface area contributed by atoms with Crippen LogP contribution in [-0.4, -0.2) is 39.6 Å². The zero-order chi connectivity index (χ0) is 20.1. The second-order valence-corrected chi connectivity index (χ2v) is 8.25. The van der Waals surface area contributed by atoms with Gasteiger partial charge in [0.15, 0.2) is 0 Å². The minimum atomic E-state index is 0.621. The molecule has 0 amide bonds. The van der Waals surface area contributed by atoms with E-state index in [1.54, 1.807) is 0 Å². The molecule has 152 valence electrons. The number of aryl methyl sites for hydroxylation is 3. The van der Waals surface area contributed by atoms with Crippen molar-refractivity contribution in [3.05, 3.63) is 35.5 Å². The molecule has 3 heterocycles. The molecule has 28 heavy (non-hydrogen) atoms. The summed E-state index contributed by atoms with van der Waals surface area (Å²) in [6, 6.07) is 1.91. The second kappa shape index (κ2) is 9.30. The summed E-state index contributed by atoms with van der Waals surface area (Å²) in [5.41, 5.74) is 2.06. The zero-order valence-electron chi connectivity index (χ0n) is 17.9. The predicted octanol–water partition coefficient (Wildman–Crippen LogP) is 4.15. The fourth-order valence-electron chi connectivity index (χ4n) is 4.01. The third-order valence-corrected chi connectivity index (χ3v) is 6.00. The molecule has 0 bridgehead atoms. The van der Waals surface area contributed by atoms with Crippen molar-refractivity contribution in [1.82, 2.24) is 19.9 Å². The van der Waals surface area contributed by atoms with E-state index in [1.807, 2.05) is 39.2 Å². The van der Waals surface area contributed by atoms with Gasteiger partial charge in [-0.05, 0) is 63.4 Å². The summed E-state index contributed by atoms with van der Waals surface area (Å²) < 4.78 is 5.88. The molecule has 0 saturated carbocycles. The van der Waals surface area contributed by atoms with Gasteiger partial charge in [-0.2, -0.15) is 4.98 Å². The molecular weight excluding hydrogens is 350 g/mol. The fraction of sp³-hybridized carbons (Fsp3) is 0.636. The van der Waals surface area contributed by atoms with Crippen LogP contribution in [0.1, 0.15) is 50.2 Å². The first kappa shape index (κ1) is 20.5. The minimum Gasteiger partial charge on any atom is -0.478 e. The molecule has 1 fully saturated rings. The molecule has 0 aromatic carbocycles. The van der Waals surface area contributed by atoms with Crippen LogP contribution in [0.5, 0.6) is 5.88 Å². The average Bonchev–Trinajstić information content (AvgIpc) is 2.67. The summed E-state index contributed by atoms with van der Waals surface area (Å²) in [4.78, 5) is 19.9. The zero-order valence-corrected chi connectivity index (χ0v) is 17.9. The Morgan fingerprint density at radius 1 is 1.07 bits per heavy atom. The van der Waals surface area contributed by atoms with Gasteiger partial charge < -0.3 is 9.64 Å². The van der Waals surface area contributed by atoms with E-state index >= 15 is 0 Å². The molecule has 2 atom stereocenters. The number of anilines is 1. The van der Waals surface area contributed by atoms with Crippen LogP contribution in [0.25, 0.3) is 0 Å². The number of ether oxygens (including phenoxy) is 1. The number of nitrogens with zero attached hydrogens (tertiary/aromatic N) is 5. The van der Waals surface area contributed by atoms with Crippen molar-refractivity contribution in [2.75, 3.05) is 24.6 Å². The molecule has 2 aromatic heterocycles. The third kappa shape index (κ3) is 5.40. The number of hydrogen-bond donors (Lipinski definition) is 0. The van der Waals surface area contributed by atoms with Gasteiger partial charge in [-0.3, -0.25) is 0 Å². The normalized spacial score (nSPS) is 17.4. The fourth-order valence-corrected chi connectivity index (χ4v) is 4.01. The van der Waals surface area contributed by atoms with E-state index in [-0.39, 0.29) is 0 Å². The third-order valence-electron chi connectivity index (χ3n) is 6.00. The molecule has 2 aromatic rings. The lowest BCUT2D eigenvalue weighted by molar-refractivity contribution is 0.184. The first-order valence-corrected chi connectivity index (χ1v) is 10.4. The Bertz CT molecular complexity index is 736. The molecule has 1 aliphatic heterocycles. The molecule has 1 saturated heterocycles. The SMILES string of the molecule is Cc1cnc(N2CCC(C(C)C(C)CCOc3cc(C)nc(C)n3)CC2)nc1. The van der Waals surface area contributed by atoms with Gasteiger partial charge in [0.05, 0.1) is 6.61 Å². The van der Waals surface area contributed by atoms with Gasteiger partial charge in [-0.25, -0.2) is 15.0 Å². The van der Waals surface area contributed by atoms with E-state index in [0.29, 0.717) is 24.3 Å². The van der Waals surface area contributed by atoms with E-state index < -0.39 is 0 Å². The van der Waals surface area contributed by atoms with Crippen molar-refractivity contribution < 1.29 is 4.74 Å². The number of piperidine rings is 1. The maximum absolute atomic E-state index is 5.88. The van der Waals surface area contributed by atoms with Crippen LogP contribution in [0, 0.1) is 38.5 Å². The van der Waals surface area contributed by atoms with Crippen molar-refractivity contribution in [3.8, 4) is 5.88 Å². The number of rotatable bonds is 7. The average molecular weight is 384 g/mol. The Morgan fingerprint density at radius 3 is 2.39 bits per heavy atom. The Kier molecular flexibility index (Phi) is 6.81. The van der Waals surface area contributed by atoms with Gasteiger partial charge in [0.2, 0.25) is 11.8 Å². The van der Waals surface area contributed by atoms with Crippen molar-refractivity contribution in [2.45, 2.75) is 53.9 Å². The minimum absolute atomic E-state index is 0.621. The maximum Gasteiger partial charge on any atom is 0.225 e. The highest BCUT2D eigenvalue weighted by molar-refractivity contribution is 5.30. The van der Waals surface area contributed by atoms with Crippen LogP contribution in [0.2, 0.25) is 0 Å². The van der Waals surface area contributed by atoms with Crippen molar-refractivity contribution >= 4 is 5.95 Å². The summed E-state index contributed by atoms with van der Waals surface area (Å²) in [5.74, 6) is 4.38. The summed E-state index contributed by atoms with van der Waals surface area (Å²) in [7, 11) is 0. The van der Waals surface area contributed by atoms with Crippen LogP contribution in [-0.2, 0) is 0 Å². The highest BCUT2D eigenvalue weighted by atomic mass is 16.5. The van der Waals surface area contributed by atoms with Gasteiger partial charge in [0.1, 0.15) is 5.82 Å². The molecule has 0 aliphatic carbocycles. The Hall–Kier alpha value is -2.24. The highest BCUT2D eigenvalue weighted by Gasteiger charge is 2.28. The Balaban J connectivity index is 1.43. The molecule has 0 radical (unpaired) electrons. The molecule has 3 rings (SSSR count). The van der Waals surface area contributed by atoms with E-state index in [4.69, 9.17) is 4.74 Å². The first-order chi connectivity index (χ1) is 13.4. The molecule has 0 spiro atoms. The highest BCUT2D eigenvalue weighted by Crippen LogP contribution is 2.32. The van der Waals surface area contributed by atoms with E-state index in [0.717, 1.165) is 48.5 Å². The Morgan fingerprint density at radius 2 is 1.75 bits per heavy atom. The van der Waals surface area contributed by atoms with Gasteiger partial charge in [-0.15, -0.1) is 0 Å². The molecule has 6 nitrogen and oxygen atoms in total. The van der Waals surface area contributed by atoms with Crippen LogP contribution in [0.3, 0.4) is 0 Å². The molecule has 2 unspecified atom stereocenters. The summed E-state index contributed by atoms with van der Waals surface area (Å²) >= 11 is 0. The van der Waals surface area contributed by atoms with Crippen LogP contribution in [0.4, 0.5) is 5.95 Å². The first-order valence-electron chi connectivity index (χ1n) is 10.4. The van der Waals surface area contributed by atoms with Crippen molar-refractivity contribution in [2.24, 2.45) is 17.8 Å². The number of hydrogen-bond acceptors (Lipinski definition) is 6. The van der Waals surface area contributed by atoms with Crippen LogP contribution >= 0.6 is 0 Å². The largest absolute Gasteiger partial charge is 0.478 e. The number of aromatic nitrogens is 4. The second-order valence-electron chi connectivity index (χ2n) is 8.25. The summed E-state index contributed by atoms with van der Waals surface area (Å²) in [6.07, 6.45) is 7.26. The smallest absolute Gasteiger partial charge is 0.225 e. The summed E-state index contributed by atoms with van der Waals surface area (Å²) in [6.45, 7) is 13.4. The van der Waals surface area contributed by atoms with Crippen LogP contribution < -0.4 is 9.64 Å². The lowest BCUT2D eigenvalue weighted by atomic mass is 9.77. The predicted molar refractivity (Wildman–Crippen MR) is 112 cm³/mol. The topological polar surface area (TPSA) is 64.0 Å². The molecule has 0 N–H and O–H groups in total. The lowest BCUT2D eigenvalue weighted by Gasteiger charge is -2.37. The van der Waals surface area contributed by atoms with Gasteiger partial charge >= 0.3 is 0 Å². The molecule has 6 heteroatoms. The van der Waals surface area contributed by atoms with Crippen LogP contribution in [0.15, 0.2) is 18.5 Å². The molecule has 1 aliphatic rings. The van der Waals surface area contributed by atoms with Crippen molar-refractivity contribution in [1.29, 1.82) is 0 Å². The van der Waals surface area contributed by atoms with E-state index in [1.165, 1.54) is 12.8 Å². The van der Waals surface area contributed by atoms with Gasteiger partial charge in [-0.1, -0.05) is 13.8 Å². The molecular formula is C22H33N5O. The van der Waals surface area contributed by atoms with Crippen molar-refractivity contribution in [3.63, 3.8) is 0 Å². The standard InChI is InChI=1S/C22H33N5O/c1-15-13-23-22(24-14-15)27-9-6-20(7-10-27)18(4)16(2)8-11-28-21-12-17(3)25-19(5)26-21/h12-14,16,18,20H,6-11H2,1-5H3. The van der Waals surface area contributed by atoms with E-state index in [9.17, 15) is 0 Å². The maximum atomic E-state index is 5.88. The monoisotopic (exact) mass is 383 g/mol. The quantitative estimate of drug-likeness (QED) is 0.716. The lowest BCUT2D eigenvalue weighted by Crippen LogP contribution is -2.38. The Labute approximate surface area is 168 Å². The van der Waals surface area contributed by atoms with Gasteiger partial charge in [0, 0.05) is 37.2 Å². The van der Waals surface area contributed by atoms with Gasteiger partial charge in [0.25, 0.3) is 0 Å². The summed E-state index contributed by atoms with van der Waals surface area (Å²) in [5, 5.41) is 0. The van der Waals surface area contributed by atoms with E-state index in [2.05, 4.69) is 38.7 Å².